The lowest BCUT2D eigenvalue weighted by Crippen LogP contribution is -2.09. The summed E-state index contributed by atoms with van der Waals surface area (Å²) >= 11 is 0. The summed E-state index contributed by atoms with van der Waals surface area (Å²) in [5.41, 5.74) is 3.32. The minimum Gasteiger partial charge on any atom is -0.356 e. The van der Waals surface area contributed by atoms with Crippen LogP contribution in [0.5, 0.6) is 0 Å². The molecule has 0 unspecified atom stereocenters. The summed E-state index contributed by atoms with van der Waals surface area (Å²) in [4.78, 5) is 8.86. The van der Waals surface area contributed by atoms with Gasteiger partial charge in [0.15, 0.2) is 0 Å². The highest BCUT2D eigenvalue weighted by atomic mass is 15.2. The molecule has 0 aliphatic rings. The predicted molar refractivity (Wildman–Crippen MR) is 69.2 cm³/mol. The summed E-state index contributed by atoms with van der Waals surface area (Å²) in [6.07, 6.45) is 3.88. The van der Waals surface area contributed by atoms with Gasteiger partial charge in [0, 0.05) is 18.9 Å². The van der Waals surface area contributed by atoms with Crippen LogP contribution in [0.1, 0.15) is 23.9 Å². The summed E-state index contributed by atoms with van der Waals surface area (Å²) in [7, 11) is 0. The predicted octanol–water partition coefficient (Wildman–Crippen LogP) is 2.38. The lowest BCUT2D eigenvalue weighted by molar-refractivity contribution is 0.769. The Labute approximate surface area is 102 Å². The van der Waals surface area contributed by atoms with E-state index in [2.05, 4.69) is 39.8 Å². The maximum Gasteiger partial charge on any atom is 0.203 e. The second-order valence-electron chi connectivity index (χ2n) is 4.13. The van der Waals surface area contributed by atoms with Crippen molar-refractivity contribution in [2.45, 2.75) is 27.3 Å². The molecule has 0 aliphatic heterocycles. The summed E-state index contributed by atoms with van der Waals surface area (Å²) in [5.74, 6) is 0.912. The van der Waals surface area contributed by atoms with Crippen molar-refractivity contribution in [1.29, 1.82) is 0 Å². The molecule has 4 nitrogen and oxygen atoms in total. The first-order chi connectivity index (χ1) is 8.20. The second kappa shape index (κ2) is 4.99. The Balaban J connectivity index is 2.26. The van der Waals surface area contributed by atoms with Crippen LogP contribution in [-0.4, -0.2) is 21.1 Å². The highest BCUT2D eigenvalue weighted by molar-refractivity contribution is 5.30. The number of nitrogens with zero attached hydrogens (tertiary/aromatic N) is 3. The zero-order chi connectivity index (χ0) is 12.3. The topological polar surface area (TPSA) is 42.7 Å². The number of aryl methyl sites for hydroxylation is 2. The lowest BCUT2D eigenvalue weighted by atomic mass is 10.2. The third-order valence-corrected chi connectivity index (χ3v) is 2.67. The molecule has 1 N–H and O–H groups in total. The number of aromatic nitrogens is 3. The molecular formula is C13H18N4. The third kappa shape index (κ3) is 2.64. The number of pyridine rings is 1. The third-order valence-electron chi connectivity index (χ3n) is 2.67. The van der Waals surface area contributed by atoms with Gasteiger partial charge in [-0.15, -0.1) is 0 Å². The zero-order valence-electron chi connectivity index (χ0n) is 10.6. The molecule has 0 saturated carbocycles. The highest BCUT2D eigenvalue weighted by Crippen LogP contribution is 2.12. The Bertz CT molecular complexity index is 502. The number of nitrogens with one attached hydrogen (secondary N) is 1. The number of imidazole rings is 1. The molecule has 4 heteroatoms. The van der Waals surface area contributed by atoms with E-state index in [4.69, 9.17) is 0 Å². The van der Waals surface area contributed by atoms with Crippen LogP contribution >= 0.6 is 0 Å². The van der Waals surface area contributed by atoms with Crippen molar-refractivity contribution in [3.63, 3.8) is 0 Å². The molecule has 17 heavy (non-hydrogen) atoms. The van der Waals surface area contributed by atoms with Gasteiger partial charge in [0.05, 0.1) is 17.9 Å². The van der Waals surface area contributed by atoms with Crippen LogP contribution in [-0.2, 0) is 6.54 Å². The molecule has 0 aliphatic carbocycles. The normalized spacial score (nSPS) is 10.5. The van der Waals surface area contributed by atoms with Crippen LogP contribution in [0.25, 0.3) is 0 Å². The van der Waals surface area contributed by atoms with Crippen molar-refractivity contribution in [1.82, 2.24) is 14.5 Å². The fraction of sp³-hybridized carbons (Fsp3) is 0.385. The first-order valence-corrected chi connectivity index (χ1v) is 5.89. The van der Waals surface area contributed by atoms with E-state index in [1.165, 1.54) is 5.56 Å². The quantitative estimate of drug-likeness (QED) is 0.877. The van der Waals surface area contributed by atoms with Gasteiger partial charge < -0.3 is 9.88 Å². The van der Waals surface area contributed by atoms with Gasteiger partial charge in [-0.25, -0.2) is 4.98 Å². The Morgan fingerprint density at radius 2 is 2.18 bits per heavy atom. The van der Waals surface area contributed by atoms with Crippen LogP contribution in [0.15, 0.2) is 24.5 Å². The molecule has 0 bridgehead atoms. The van der Waals surface area contributed by atoms with Crippen molar-refractivity contribution < 1.29 is 0 Å². The standard InChI is InChI=1S/C13H18N4/c1-4-14-13-16-11(3)8-17(13)9-12-10(2)6-5-7-15-12/h5-8H,4,9H2,1-3H3,(H,14,16). The maximum atomic E-state index is 4.45. The van der Waals surface area contributed by atoms with Gasteiger partial charge in [0.2, 0.25) is 5.95 Å². The van der Waals surface area contributed by atoms with Gasteiger partial charge in [-0.2, -0.15) is 0 Å². The van der Waals surface area contributed by atoms with Gasteiger partial charge in [-0.05, 0) is 32.4 Å². The van der Waals surface area contributed by atoms with Crippen LogP contribution in [0.3, 0.4) is 0 Å². The molecular weight excluding hydrogens is 212 g/mol. The van der Waals surface area contributed by atoms with Gasteiger partial charge in [-0.1, -0.05) is 6.07 Å². The average molecular weight is 230 g/mol. The summed E-state index contributed by atoms with van der Waals surface area (Å²) in [6.45, 7) is 7.79. The van der Waals surface area contributed by atoms with E-state index in [0.29, 0.717) is 0 Å². The van der Waals surface area contributed by atoms with E-state index in [1.807, 2.05) is 25.4 Å². The summed E-state index contributed by atoms with van der Waals surface area (Å²) in [6, 6.07) is 4.04. The lowest BCUT2D eigenvalue weighted by Gasteiger charge is -2.09. The molecule has 0 aromatic carbocycles. The van der Waals surface area contributed by atoms with Crippen molar-refractivity contribution in [3.05, 3.63) is 41.5 Å². The molecule has 0 fully saturated rings. The van der Waals surface area contributed by atoms with Crippen molar-refractivity contribution in [2.24, 2.45) is 0 Å². The van der Waals surface area contributed by atoms with Gasteiger partial charge in [0.25, 0.3) is 0 Å². The first kappa shape index (κ1) is 11.6. The van der Waals surface area contributed by atoms with E-state index in [1.54, 1.807) is 0 Å². The number of anilines is 1. The number of hydrogen-bond donors (Lipinski definition) is 1. The fourth-order valence-corrected chi connectivity index (χ4v) is 1.81. The summed E-state index contributed by atoms with van der Waals surface area (Å²) in [5, 5.41) is 3.26. The average Bonchev–Trinajstić information content (AvgIpc) is 2.63. The Morgan fingerprint density at radius 3 is 2.88 bits per heavy atom. The molecule has 2 heterocycles. The molecule has 0 saturated heterocycles. The maximum absolute atomic E-state index is 4.45. The van der Waals surface area contributed by atoms with Crippen LogP contribution < -0.4 is 5.32 Å². The SMILES string of the molecule is CCNc1nc(C)cn1Cc1ncccc1C. The second-order valence-corrected chi connectivity index (χ2v) is 4.13. The molecule has 0 radical (unpaired) electrons. The van der Waals surface area contributed by atoms with Gasteiger partial charge in [0.1, 0.15) is 0 Å². The molecule has 0 spiro atoms. The molecule has 90 valence electrons. The van der Waals surface area contributed by atoms with E-state index < -0.39 is 0 Å². The van der Waals surface area contributed by atoms with Crippen LogP contribution in [0.2, 0.25) is 0 Å². The molecule has 2 aromatic rings. The van der Waals surface area contributed by atoms with Crippen molar-refractivity contribution in [2.75, 3.05) is 11.9 Å². The smallest absolute Gasteiger partial charge is 0.203 e. The monoisotopic (exact) mass is 230 g/mol. The number of hydrogen-bond acceptors (Lipinski definition) is 3. The zero-order valence-corrected chi connectivity index (χ0v) is 10.6. The molecule has 2 rings (SSSR count). The Kier molecular flexibility index (Phi) is 3.42. The van der Waals surface area contributed by atoms with Crippen molar-refractivity contribution >= 4 is 5.95 Å². The molecule has 0 atom stereocenters. The Morgan fingerprint density at radius 1 is 1.35 bits per heavy atom. The number of rotatable bonds is 4. The van der Waals surface area contributed by atoms with Gasteiger partial charge >= 0.3 is 0 Å². The largest absolute Gasteiger partial charge is 0.356 e. The molecule has 0 amide bonds. The van der Waals surface area contributed by atoms with E-state index in [9.17, 15) is 0 Å². The van der Waals surface area contributed by atoms with E-state index >= 15 is 0 Å². The molecule has 2 aromatic heterocycles. The Hall–Kier alpha value is -1.84. The van der Waals surface area contributed by atoms with Crippen LogP contribution in [0, 0.1) is 13.8 Å². The fourth-order valence-electron chi connectivity index (χ4n) is 1.81. The summed E-state index contributed by atoms with van der Waals surface area (Å²) < 4.78 is 2.11. The minimum absolute atomic E-state index is 0.760. The highest BCUT2D eigenvalue weighted by Gasteiger charge is 2.07. The van der Waals surface area contributed by atoms with Gasteiger partial charge in [-0.3, -0.25) is 4.98 Å². The van der Waals surface area contributed by atoms with E-state index in [-0.39, 0.29) is 0 Å². The van der Waals surface area contributed by atoms with E-state index in [0.717, 1.165) is 30.4 Å². The first-order valence-electron chi connectivity index (χ1n) is 5.89. The van der Waals surface area contributed by atoms with Crippen molar-refractivity contribution in [3.8, 4) is 0 Å². The van der Waals surface area contributed by atoms with Crippen LogP contribution in [0.4, 0.5) is 5.95 Å². The minimum atomic E-state index is 0.760.